The van der Waals surface area contributed by atoms with Gasteiger partial charge in [0.25, 0.3) is 5.91 Å². The van der Waals surface area contributed by atoms with E-state index in [2.05, 4.69) is 10.3 Å². The smallest absolute Gasteiger partial charge is 0.330 e. The highest BCUT2D eigenvalue weighted by Gasteiger charge is 2.31. The maximum atomic E-state index is 12.7. The maximum Gasteiger partial charge on any atom is 0.330 e. The van der Waals surface area contributed by atoms with Crippen LogP contribution in [-0.2, 0) is 9.53 Å². The van der Waals surface area contributed by atoms with E-state index in [1.807, 2.05) is 30.3 Å². The van der Waals surface area contributed by atoms with Gasteiger partial charge in [-0.05, 0) is 37.1 Å². The number of pyridine rings is 1. The Bertz CT molecular complexity index is 788. The molecule has 7 nitrogen and oxygen atoms in total. The van der Waals surface area contributed by atoms with Crippen molar-refractivity contribution in [3.8, 4) is 0 Å². The van der Waals surface area contributed by atoms with Gasteiger partial charge < -0.3 is 10.1 Å². The summed E-state index contributed by atoms with van der Waals surface area (Å²) < 4.78 is 5.37. The van der Waals surface area contributed by atoms with E-state index in [0.717, 1.165) is 18.5 Å². The molecular formula is C19H20N4O3. The molecule has 4 rings (SSSR count). The summed E-state index contributed by atoms with van der Waals surface area (Å²) >= 11 is 0. The molecule has 134 valence electrons. The lowest BCUT2D eigenvalue weighted by molar-refractivity contribution is -0.124. The predicted octanol–water partition coefficient (Wildman–Crippen LogP) is 2.65. The Kier molecular flexibility index (Phi) is 4.53. The molecule has 3 amide bonds. The summed E-state index contributed by atoms with van der Waals surface area (Å²) in [5, 5.41) is 2.81. The van der Waals surface area contributed by atoms with Gasteiger partial charge in [0, 0.05) is 25.4 Å². The van der Waals surface area contributed by atoms with Gasteiger partial charge in [-0.1, -0.05) is 18.2 Å². The zero-order valence-corrected chi connectivity index (χ0v) is 14.3. The van der Waals surface area contributed by atoms with Crippen molar-refractivity contribution in [2.24, 2.45) is 0 Å². The van der Waals surface area contributed by atoms with Gasteiger partial charge in [-0.25, -0.2) is 9.78 Å². The highest BCUT2D eigenvalue weighted by molar-refractivity contribution is 6.05. The monoisotopic (exact) mass is 352 g/mol. The van der Waals surface area contributed by atoms with Gasteiger partial charge in [0.05, 0.1) is 11.9 Å². The SMILES string of the molecule is O=C(Nc1ccc(N2CCN(c3ccccc3)C2=O)nc1)[C@@H]1CCCO1. The molecule has 0 spiro atoms. The summed E-state index contributed by atoms with van der Waals surface area (Å²) in [6.07, 6.45) is 2.84. The van der Waals surface area contributed by atoms with Gasteiger partial charge in [-0.2, -0.15) is 0 Å². The van der Waals surface area contributed by atoms with E-state index >= 15 is 0 Å². The second-order valence-electron chi connectivity index (χ2n) is 6.32. The fourth-order valence-corrected chi connectivity index (χ4v) is 3.22. The normalized spacial score (nSPS) is 19.8. The summed E-state index contributed by atoms with van der Waals surface area (Å²) in [5.41, 5.74) is 1.47. The quantitative estimate of drug-likeness (QED) is 0.918. The minimum absolute atomic E-state index is 0.0974. The van der Waals surface area contributed by atoms with Crippen LogP contribution in [-0.4, -0.2) is 42.7 Å². The largest absolute Gasteiger partial charge is 0.368 e. The molecule has 3 heterocycles. The van der Waals surface area contributed by atoms with Gasteiger partial charge in [-0.3, -0.25) is 14.6 Å². The van der Waals surface area contributed by atoms with Crippen LogP contribution in [0.4, 0.5) is 22.0 Å². The first-order valence-corrected chi connectivity index (χ1v) is 8.75. The Morgan fingerprint density at radius 2 is 1.92 bits per heavy atom. The van der Waals surface area contributed by atoms with Crippen molar-refractivity contribution >= 4 is 29.1 Å². The van der Waals surface area contributed by atoms with Crippen molar-refractivity contribution in [3.05, 3.63) is 48.7 Å². The third kappa shape index (κ3) is 3.25. The molecule has 1 aromatic carbocycles. The van der Waals surface area contributed by atoms with E-state index in [-0.39, 0.29) is 18.0 Å². The Labute approximate surface area is 151 Å². The van der Waals surface area contributed by atoms with E-state index in [9.17, 15) is 9.59 Å². The highest BCUT2D eigenvalue weighted by Crippen LogP contribution is 2.24. The van der Waals surface area contributed by atoms with Gasteiger partial charge in [-0.15, -0.1) is 0 Å². The molecule has 2 aromatic rings. The molecule has 2 aliphatic heterocycles. The van der Waals surface area contributed by atoms with Gasteiger partial charge >= 0.3 is 6.03 Å². The fraction of sp³-hybridized carbons (Fsp3) is 0.316. The molecule has 0 unspecified atom stereocenters. The number of nitrogens with zero attached hydrogens (tertiary/aromatic N) is 3. The number of carbonyl (C=O) groups excluding carboxylic acids is 2. The minimum atomic E-state index is -0.380. The Hall–Kier alpha value is -2.93. The standard InChI is InChI=1S/C19H20N4O3/c24-18(16-7-4-12-26-16)21-14-8-9-17(20-13-14)23-11-10-22(19(23)25)15-5-2-1-3-6-15/h1-3,5-6,8-9,13,16H,4,7,10-12H2,(H,21,24)/t16-/m0/s1. The van der Waals surface area contributed by atoms with Crippen LogP contribution in [0.5, 0.6) is 0 Å². The van der Waals surface area contributed by atoms with E-state index in [1.54, 1.807) is 28.1 Å². The molecule has 1 aromatic heterocycles. The third-order valence-corrected chi connectivity index (χ3v) is 4.59. The first-order chi connectivity index (χ1) is 12.7. The van der Waals surface area contributed by atoms with E-state index in [4.69, 9.17) is 4.74 Å². The lowest BCUT2D eigenvalue weighted by Gasteiger charge is -2.18. The van der Waals surface area contributed by atoms with Crippen molar-refractivity contribution in [2.45, 2.75) is 18.9 Å². The first-order valence-electron chi connectivity index (χ1n) is 8.75. The fourth-order valence-electron chi connectivity index (χ4n) is 3.22. The zero-order chi connectivity index (χ0) is 17.9. The van der Waals surface area contributed by atoms with Crippen molar-refractivity contribution in [2.75, 3.05) is 34.8 Å². The van der Waals surface area contributed by atoms with Crippen LogP contribution < -0.4 is 15.1 Å². The zero-order valence-electron chi connectivity index (χ0n) is 14.3. The molecule has 2 saturated heterocycles. The number of benzene rings is 1. The molecule has 7 heteroatoms. The molecule has 0 aliphatic carbocycles. The first kappa shape index (κ1) is 16.5. The second kappa shape index (κ2) is 7.13. The number of hydrogen-bond donors (Lipinski definition) is 1. The van der Waals surface area contributed by atoms with E-state index in [0.29, 0.717) is 31.2 Å². The maximum absolute atomic E-state index is 12.7. The second-order valence-corrected chi connectivity index (χ2v) is 6.32. The molecule has 26 heavy (non-hydrogen) atoms. The summed E-state index contributed by atoms with van der Waals surface area (Å²) in [4.78, 5) is 32.5. The summed E-state index contributed by atoms with van der Waals surface area (Å²) in [7, 11) is 0. The van der Waals surface area contributed by atoms with Crippen LogP contribution in [0.1, 0.15) is 12.8 Å². The average molecular weight is 352 g/mol. The van der Waals surface area contributed by atoms with Crippen molar-refractivity contribution in [3.63, 3.8) is 0 Å². The number of aromatic nitrogens is 1. The van der Waals surface area contributed by atoms with Crippen LogP contribution in [0.2, 0.25) is 0 Å². The summed E-state index contributed by atoms with van der Waals surface area (Å²) in [6, 6.07) is 13.0. The van der Waals surface area contributed by atoms with E-state index < -0.39 is 0 Å². The molecule has 0 bridgehead atoms. The average Bonchev–Trinajstić information content (AvgIpc) is 3.33. The number of ether oxygens (including phenoxy) is 1. The van der Waals surface area contributed by atoms with Crippen LogP contribution in [0.25, 0.3) is 0 Å². The number of carbonyl (C=O) groups is 2. The summed E-state index contributed by atoms with van der Waals surface area (Å²) in [6.45, 7) is 1.81. The van der Waals surface area contributed by atoms with Gasteiger partial charge in [0.15, 0.2) is 0 Å². The van der Waals surface area contributed by atoms with Crippen LogP contribution in [0, 0.1) is 0 Å². The molecule has 2 aliphatic rings. The van der Waals surface area contributed by atoms with Gasteiger partial charge in [0.2, 0.25) is 0 Å². The number of nitrogens with one attached hydrogen (secondary N) is 1. The third-order valence-electron chi connectivity index (χ3n) is 4.59. The molecule has 1 N–H and O–H groups in total. The number of urea groups is 1. The predicted molar refractivity (Wildman–Crippen MR) is 98.4 cm³/mol. The van der Waals surface area contributed by atoms with Gasteiger partial charge in [0.1, 0.15) is 11.9 Å². The molecule has 2 fully saturated rings. The lowest BCUT2D eigenvalue weighted by atomic mass is 10.2. The van der Waals surface area contributed by atoms with Crippen LogP contribution >= 0.6 is 0 Å². The molecule has 1 atom stereocenters. The van der Waals surface area contributed by atoms with Crippen LogP contribution in [0.3, 0.4) is 0 Å². The van der Waals surface area contributed by atoms with E-state index in [1.165, 1.54) is 0 Å². The highest BCUT2D eigenvalue weighted by atomic mass is 16.5. The Balaban J connectivity index is 1.42. The number of para-hydroxylation sites is 1. The summed E-state index contributed by atoms with van der Waals surface area (Å²) in [5.74, 6) is 0.424. The lowest BCUT2D eigenvalue weighted by Crippen LogP contribution is -2.32. The van der Waals surface area contributed by atoms with Crippen molar-refractivity contribution in [1.29, 1.82) is 0 Å². The topological polar surface area (TPSA) is 74.8 Å². The van der Waals surface area contributed by atoms with Crippen LogP contribution in [0.15, 0.2) is 48.7 Å². The Morgan fingerprint density at radius 3 is 2.62 bits per heavy atom. The molecule has 0 radical (unpaired) electrons. The number of hydrogen-bond acceptors (Lipinski definition) is 4. The Morgan fingerprint density at radius 1 is 1.12 bits per heavy atom. The van der Waals surface area contributed by atoms with Crippen molar-refractivity contribution in [1.82, 2.24) is 4.98 Å². The molecular weight excluding hydrogens is 332 g/mol. The van der Waals surface area contributed by atoms with Crippen molar-refractivity contribution < 1.29 is 14.3 Å². The number of anilines is 3. The number of rotatable bonds is 4. The molecule has 0 saturated carbocycles. The number of amides is 3. The minimum Gasteiger partial charge on any atom is -0.368 e.